The van der Waals surface area contributed by atoms with E-state index in [9.17, 15) is 14.4 Å². The Morgan fingerprint density at radius 3 is 2.68 bits per heavy atom. The van der Waals surface area contributed by atoms with Crippen LogP contribution in [0.15, 0.2) is 36.2 Å². The molecule has 3 rings (SSSR count). The Kier molecular flexibility index (Phi) is 4.37. The van der Waals surface area contributed by atoms with Gasteiger partial charge >= 0.3 is 0 Å². The summed E-state index contributed by atoms with van der Waals surface area (Å²) >= 11 is 1.19. The first-order valence-electron chi connectivity index (χ1n) is 7.54. The molecule has 2 heterocycles. The lowest BCUT2D eigenvalue weighted by molar-refractivity contribution is -0.119. The van der Waals surface area contributed by atoms with E-state index in [2.05, 4.69) is 16.9 Å². The zero-order valence-corrected chi connectivity index (χ0v) is 14.3. The Labute approximate surface area is 148 Å². The molecule has 1 aromatic heterocycles. The van der Waals surface area contributed by atoms with Crippen molar-refractivity contribution in [2.45, 2.75) is 19.4 Å². The number of carbonyl (C=O) groups excluding carboxylic acids is 3. The van der Waals surface area contributed by atoms with Crippen LogP contribution in [0, 0.1) is 0 Å². The van der Waals surface area contributed by atoms with Gasteiger partial charge in [-0.2, -0.15) is 0 Å². The molecule has 0 bridgehead atoms. The number of amides is 3. The molecule has 0 aliphatic carbocycles. The molecule has 0 saturated carbocycles. The highest BCUT2D eigenvalue weighted by Crippen LogP contribution is 2.33. The molecular weight excluding hydrogens is 340 g/mol. The van der Waals surface area contributed by atoms with Gasteiger partial charge in [0.15, 0.2) is 5.13 Å². The molecule has 0 saturated heterocycles. The number of fused-ring (bicyclic) bond motifs is 1. The zero-order chi connectivity index (χ0) is 18.1. The third-order valence-electron chi connectivity index (χ3n) is 3.88. The Hall–Kier alpha value is -3.00. The van der Waals surface area contributed by atoms with E-state index in [-0.39, 0.29) is 18.2 Å². The standard InChI is InChI=1S/C17H16N4O3S/c1-9-12-5-3-4-6-13(12)16(24)21(9)10(2)15(23)20-17-19-11(8-25-17)7-14(18)22/h3-6,8,10H,1,7H2,2H3,(H2,18,22)(H,19,20,23)/t10-/m0/s1. The number of benzene rings is 1. The van der Waals surface area contributed by atoms with Crippen molar-refractivity contribution in [3.05, 3.63) is 53.0 Å². The van der Waals surface area contributed by atoms with E-state index < -0.39 is 11.9 Å². The smallest absolute Gasteiger partial charge is 0.259 e. The van der Waals surface area contributed by atoms with Crippen LogP contribution in [0.5, 0.6) is 0 Å². The van der Waals surface area contributed by atoms with Crippen LogP contribution < -0.4 is 11.1 Å². The predicted molar refractivity (Wildman–Crippen MR) is 94.7 cm³/mol. The van der Waals surface area contributed by atoms with E-state index in [1.165, 1.54) is 16.2 Å². The SMILES string of the molecule is C=C1c2ccccc2C(=O)N1[C@@H](C)C(=O)Nc1nc(CC(N)=O)cs1. The fraction of sp³-hybridized carbons (Fsp3) is 0.176. The van der Waals surface area contributed by atoms with Crippen molar-refractivity contribution >= 4 is 39.9 Å². The fourth-order valence-corrected chi connectivity index (χ4v) is 3.38. The number of rotatable bonds is 5. The fourth-order valence-electron chi connectivity index (χ4n) is 2.66. The minimum Gasteiger partial charge on any atom is -0.369 e. The van der Waals surface area contributed by atoms with Crippen LogP contribution >= 0.6 is 11.3 Å². The first kappa shape index (κ1) is 16.8. The van der Waals surface area contributed by atoms with Crippen molar-refractivity contribution in [3.63, 3.8) is 0 Å². The van der Waals surface area contributed by atoms with E-state index >= 15 is 0 Å². The summed E-state index contributed by atoms with van der Waals surface area (Å²) < 4.78 is 0. The third-order valence-corrected chi connectivity index (χ3v) is 4.69. The Morgan fingerprint density at radius 2 is 2.04 bits per heavy atom. The van der Waals surface area contributed by atoms with Gasteiger partial charge < -0.3 is 11.1 Å². The number of nitrogens with two attached hydrogens (primary N) is 1. The minimum atomic E-state index is -0.754. The van der Waals surface area contributed by atoms with Gasteiger partial charge in [-0.3, -0.25) is 19.3 Å². The first-order chi connectivity index (χ1) is 11.9. The van der Waals surface area contributed by atoms with Crippen LogP contribution in [0.4, 0.5) is 5.13 Å². The third kappa shape index (κ3) is 3.16. The number of hydrogen-bond donors (Lipinski definition) is 2. The van der Waals surface area contributed by atoms with Crippen molar-refractivity contribution in [1.29, 1.82) is 0 Å². The van der Waals surface area contributed by atoms with E-state index in [1.54, 1.807) is 30.5 Å². The van der Waals surface area contributed by atoms with E-state index in [0.717, 1.165) is 5.56 Å². The normalized spacial score (nSPS) is 14.4. The number of thiazole rings is 1. The summed E-state index contributed by atoms with van der Waals surface area (Å²) in [6, 6.07) is 6.35. The lowest BCUT2D eigenvalue weighted by Gasteiger charge is -2.24. The Balaban J connectivity index is 1.73. The van der Waals surface area contributed by atoms with E-state index in [1.807, 2.05) is 6.07 Å². The molecule has 3 N–H and O–H groups in total. The summed E-state index contributed by atoms with van der Waals surface area (Å²) in [5, 5.41) is 4.66. The molecule has 1 aliphatic rings. The van der Waals surface area contributed by atoms with Gasteiger partial charge in [-0.05, 0) is 13.0 Å². The van der Waals surface area contributed by atoms with Crippen molar-refractivity contribution in [2.75, 3.05) is 5.32 Å². The van der Waals surface area contributed by atoms with Crippen molar-refractivity contribution < 1.29 is 14.4 Å². The minimum absolute atomic E-state index is 0.0125. The number of carbonyl (C=O) groups is 3. The van der Waals surface area contributed by atoms with Crippen molar-refractivity contribution in [2.24, 2.45) is 5.73 Å². The second kappa shape index (κ2) is 6.48. The second-order valence-corrected chi connectivity index (χ2v) is 6.48. The average molecular weight is 356 g/mol. The highest BCUT2D eigenvalue weighted by atomic mass is 32.1. The molecule has 3 amide bonds. The molecule has 0 spiro atoms. The molecule has 1 aliphatic heterocycles. The van der Waals surface area contributed by atoms with Gasteiger partial charge in [-0.25, -0.2) is 4.98 Å². The van der Waals surface area contributed by atoms with Crippen molar-refractivity contribution in [1.82, 2.24) is 9.88 Å². The summed E-state index contributed by atoms with van der Waals surface area (Å²) in [7, 11) is 0. The number of anilines is 1. The lowest BCUT2D eigenvalue weighted by atomic mass is 10.1. The molecule has 0 fully saturated rings. The molecule has 25 heavy (non-hydrogen) atoms. The summed E-state index contributed by atoms with van der Waals surface area (Å²) in [6.07, 6.45) is 0.0125. The van der Waals surface area contributed by atoms with Crippen LogP contribution in [-0.4, -0.2) is 33.6 Å². The highest BCUT2D eigenvalue weighted by molar-refractivity contribution is 7.13. The summed E-state index contributed by atoms with van der Waals surface area (Å²) in [5.41, 5.74) is 7.37. The molecule has 0 radical (unpaired) electrons. The number of nitrogens with one attached hydrogen (secondary N) is 1. The van der Waals surface area contributed by atoms with Gasteiger partial charge in [0.05, 0.1) is 12.1 Å². The van der Waals surface area contributed by atoms with Crippen molar-refractivity contribution in [3.8, 4) is 0 Å². The number of aromatic nitrogens is 1. The average Bonchev–Trinajstić information content (AvgIpc) is 3.10. The molecule has 7 nitrogen and oxygen atoms in total. The number of primary amides is 1. The second-order valence-electron chi connectivity index (χ2n) is 5.62. The van der Waals surface area contributed by atoms with Crippen LogP contribution in [0.3, 0.4) is 0 Å². The summed E-state index contributed by atoms with van der Waals surface area (Å²) in [5.74, 6) is -1.13. The lowest BCUT2D eigenvalue weighted by Crippen LogP contribution is -2.41. The molecule has 8 heteroatoms. The quantitative estimate of drug-likeness (QED) is 0.849. The van der Waals surface area contributed by atoms with Gasteiger partial charge in [-0.1, -0.05) is 24.8 Å². The Morgan fingerprint density at radius 1 is 1.36 bits per heavy atom. The first-order valence-corrected chi connectivity index (χ1v) is 8.42. The molecule has 1 aromatic carbocycles. The van der Waals surface area contributed by atoms with E-state index in [4.69, 9.17) is 5.73 Å². The maximum atomic E-state index is 12.6. The predicted octanol–water partition coefficient (Wildman–Crippen LogP) is 1.62. The van der Waals surface area contributed by atoms with Gasteiger partial charge in [-0.15, -0.1) is 11.3 Å². The van der Waals surface area contributed by atoms with Crippen LogP contribution in [0.2, 0.25) is 0 Å². The maximum absolute atomic E-state index is 12.6. The van der Waals surface area contributed by atoms with Gasteiger partial charge in [0.25, 0.3) is 5.91 Å². The molecule has 128 valence electrons. The molecule has 0 unspecified atom stereocenters. The summed E-state index contributed by atoms with van der Waals surface area (Å²) in [6.45, 7) is 5.56. The molecular formula is C17H16N4O3S. The van der Waals surface area contributed by atoms with Gasteiger partial charge in [0.2, 0.25) is 11.8 Å². The topological polar surface area (TPSA) is 105 Å². The highest BCUT2D eigenvalue weighted by Gasteiger charge is 2.36. The van der Waals surface area contributed by atoms with Crippen LogP contribution in [-0.2, 0) is 16.0 Å². The van der Waals surface area contributed by atoms with Crippen LogP contribution in [0.1, 0.15) is 28.5 Å². The zero-order valence-electron chi connectivity index (χ0n) is 13.5. The monoisotopic (exact) mass is 356 g/mol. The molecule has 2 aromatic rings. The van der Waals surface area contributed by atoms with E-state index in [0.29, 0.717) is 22.1 Å². The number of nitrogens with zero attached hydrogens (tertiary/aromatic N) is 2. The Bertz CT molecular complexity index is 855. The number of hydrogen-bond acceptors (Lipinski definition) is 5. The van der Waals surface area contributed by atoms with Gasteiger partial charge in [0, 0.05) is 22.2 Å². The van der Waals surface area contributed by atoms with Crippen LogP contribution in [0.25, 0.3) is 5.70 Å². The summed E-state index contributed by atoms with van der Waals surface area (Å²) in [4.78, 5) is 41.5. The molecule has 1 atom stereocenters. The van der Waals surface area contributed by atoms with Gasteiger partial charge in [0.1, 0.15) is 6.04 Å². The maximum Gasteiger partial charge on any atom is 0.259 e. The largest absolute Gasteiger partial charge is 0.369 e.